The summed E-state index contributed by atoms with van der Waals surface area (Å²) in [7, 11) is 0. The Balaban J connectivity index is 1.56. The molecular formula is C13H25NOS. The predicted octanol–water partition coefficient (Wildman–Crippen LogP) is 2.53. The lowest BCUT2D eigenvalue weighted by Gasteiger charge is -2.38. The van der Waals surface area contributed by atoms with Gasteiger partial charge in [-0.15, -0.1) is 0 Å². The summed E-state index contributed by atoms with van der Waals surface area (Å²) in [6, 6.07) is 0.663. The van der Waals surface area contributed by atoms with Crippen molar-refractivity contribution in [1.82, 2.24) is 5.32 Å². The minimum absolute atomic E-state index is 0.460. The van der Waals surface area contributed by atoms with Crippen LogP contribution in [-0.4, -0.2) is 37.3 Å². The molecule has 0 aromatic heterocycles. The van der Waals surface area contributed by atoms with Gasteiger partial charge < -0.3 is 10.1 Å². The third kappa shape index (κ3) is 3.94. The van der Waals surface area contributed by atoms with Gasteiger partial charge in [0.2, 0.25) is 0 Å². The van der Waals surface area contributed by atoms with Crippen LogP contribution in [0, 0.1) is 11.3 Å². The summed E-state index contributed by atoms with van der Waals surface area (Å²) in [5, 5.41) is 3.66. The summed E-state index contributed by atoms with van der Waals surface area (Å²) >= 11 is 2.08. The average Bonchev–Trinajstić information content (AvgIpc) is 3.03. The van der Waals surface area contributed by atoms with Crippen LogP contribution in [0.4, 0.5) is 0 Å². The SMILES string of the molecule is CC1(C)CCSCC1NCCOCC1CC1. The molecule has 0 bridgehead atoms. The zero-order valence-corrected chi connectivity index (χ0v) is 11.4. The topological polar surface area (TPSA) is 21.3 Å². The molecule has 1 aliphatic heterocycles. The fraction of sp³-hybridized carbons (Fsp3) is 1.00. The highest BCUT2D eigenvalue weighted by Crippen LogP contribution is 2.34. The molecule has 1 atom stereocenters. The maximum absolute atomic E-state index is 5.65. The van der Waals surface area contributed by atoms with Gasteiger partial charge in [0.05, 0.1) is 6.61 Å². The molecule has 2 rings (SSSR count). The van der Waals surface area contributed by atoms with Gasteiger partial charge in [0, 0.05) is 24.9 Å². The van der Waals surface area contributed by atoms with E-state index in [2.05, 4.69) is 30.9 Å². The van der Waals surface area contributed by atoms with Gasteiger partial charge in [-0.05, 0) is 36.3 Å². The maximum Gasteiger partial charge on any atom is 0.0591 e. The minimum atomic E-state index is 0.460. The first-order valence-electron chi connectivity index (χ1n) is 6.57. The molecule has 0 amide bonds. The maximum atomic E-state index is 5.65. The van der Waals surface area contributed by atoms with Crippen molar-refractivity contribution in [2.24, 2.45) is 11.3 Å². The lowest BCUT2D eigenvalue weighted by atomic mass is 9.82. The molecule has 1 saturated carbocycles. The van der Waals surface area contributed by atoms with Crippen molar-refractivity contribution in [3.8, 4) is 0 Å². The third-order valence-electron chi connectivity index (χ3n) is 3.81. The van der Waals surface area contributed by atoms with Crippen molar-refractivity contribution >= 4 is 11.8 Å². The van der Waals surface area contributed by atoms with E-state index in [4.69, 9.17) is 4.74 Å². The highest BCUT2D eigenvalue weighted by Gasteiger charge is 2.31. The molecule has 1 unspecified atom stereocenters. The molecule has 0 radical (unpaired) electrons. The standard InChI is InChI=1S/C13H25NOS/c1-13(2)5-8-16-10-12(13)14-6-7-15-9-11-3-4-11/h11-12,14H,3-10H2,1-2H3. The molecule has 2 fully saturated rings. The van der Waals surface area contributed by atoms with Crippen molar-refractivity contribution in [3.05, 3.63) is 0 Å². The Morgan fingerprint density at radius 2 is 2.19 bits per heavy atom. The van der Waals surface area contributed by atoms with Gasteiger partial charge in [0.1, 0.15) is 0 Å². The van der Waals surface area contributed by atoms with Gasteiger partial charge in [-0.25, -0.2) is 0 Å². The van der Waals surface area contributed by atoms with E-state index in [1.165, 1.54) is 30.8 Å². The Kier molecular flexibility index (Phi) is 4.57. The zero-order valence-electron chi connectivity index (χ0n) is 10.6. The summed E-state index contributed by atoms with van der Waals surface area (Å²) in [6.07, 6.45) is 4.11. The second-order valence-electron chi connectivity index (χ2n) is 5.84. The molecule has 1 heterocycles. The van der Waals surface area contributed by atoms with Crippen molar-refractivity contribution in [3.63, 3.8) is 0 Å². The molecule has 1 saturated heterocycles. The van der Waals surface area contributed by atoms with E-state index in [-0.39, 0.29) is 0 Å². The fourth-order valence-electron chi connectivity index (χ4n) is 2.11. The number of rotatable bonds is 6. The van der Waals surface area contributed by atoms with E-state index in [0.29, 0.717) is 11.5 Å². The van der Waals surface area contributed by atoms with Crippen LogP contribution in [0.5, 0.6) is 0 Å². The molecule has 1 N–H and O–H groups in total. The molecule has 16 heavy (non-hydrogen) atoms. The van der Waals surface area contributed by atoms with E-state index in [1.807, 2.05) is 0 Å². The van der Waals surface area contributed by atoms with Crippen LogP contribution in [0.1, 0.15) is 33.1 Å². The molecule has 2 nitrogen and oxygen atoms in total. The van der Waals surface area contributed by atoms with Crippen molar-refractivity contribution < 1.29 is 4.74 Å². The number of ether oxygens (including phenoxy) is 1. The Morgan fingerprint density at radius 1 is 1.38 bits per heavy atom. The quantitative estimate of drug-likeness (QED) is 0.724. The van der Waals surface area contributed by atoms with Gasteiger partial charge in [0.15, 0.2) is 0 Å². The van der Waals surface area contributed by atoms with Crippen molar-refractivity contribution in [1.29, 1.82) is 0 Å². The summed E-state index contributed by atoms with van der Waals surface area (Å²) in [6.45, 7) is 7.66. The molecule has 1 aliphatic carbocycles. The Hall–Kier alpha value is 0.270. The highest BCUT2D eigenvalue weighted by atomic mass is 32.2. The molecule has 3 heteroatoms. The van der Waals surface area contributed by atoms with Gasteiger partial charge >= 0.3 is 0 Å². The van der Waals surface area contributed by atoms with Crippen LogP contribution < -0.4 is 5.32 Å². The lowest BCUT2D eigenvalue weighted by molar-refractivity contribution is 0.118. The number of hydrogen-bond donors (Lipinski definition) is 1. The van der Waals surface area contributed by atoms with E-state index in [0.717, 1.165) is 25.7 Å². The van der Waals surface area contributed by atoms with Crippen LogP contribution in [-0.2, 0) is 4.74 Å². The largest absolute Gasteiger partial charge is 0.380 e. The Bertz CT molecular complexity index is 216. The predicted molar refractivity (Wildman–Crippen MR) is 71.1 cm³/mol. The Labute approximate surface area is 104 Å². The van der Waals surface area contributed by atoms with Gasteiger partial charge in [-0.3, -0.25) is 0 Å². The smallest absolute Gasteiger partial charge is 0.0591 e. The highest BCUT2D eigenvalue weighted by molar-refractivity contribution is 7.99. The van der Waals surface area contributed by atoms with E-state index in [1.54, 1.807) is 0 Å². The molecular weight excluding hydrogens is 218 g/mol. The van der Waals surface area contributed by atoms with Crippen molar-refractivity contribution in [2.75, 3.05) is 31.3 Å². The van der Waals surface area contributed by atoms with E-state index >= 15 is 0 Å². The first-order chi connectivity index (χ1) is 7.68. The molecule has 94 valence electrons. The van der Waals surface area contributed by atoms with Gasteiger partial charge in [-0.2, -0.15) is 11.8 Å². The van der Waals surface area contributed by atoms with Crippen LogP contribution in [0.25, 0.3) is 0 Å². The lowest BCUT2D eigenvalue weighted by Crippen LogP contribution is -2.47. The molecule has 0 aromatic rings. The molecule has 0 spiro atoms. The number of thioether (sulfide) groups is 1. The zero-order chi connectivity index (χ0) is 11.4. The Morgan fingerprint density at radius 3 is 2.88 bits per heavy atom. The summed E-state index contributed by atoms with van der Waals surface area (Å²) < 4.78 is 5.65. The number of hydrogen-bond acceptors (Lipinski definition) is 3. The number of nitrogens with one attached hydrogen (secondary N) is 1. The second kappa shape index (κ2) is 5.74. The first-order valence-corrected chi connectivity index (χ1v) is 7.73. The average molecular weight is 243 g/mol. The van der Waals surface area contributed by atoms with Gasteiger partial charge in [0.25, 0.3) is 0 Å². The summed E-state index contributed by atoms with van der Waals surface area (Å²) in [5.74, 6) is 3.47. The van der Waals surface area contributed by atoms with Crippen LogP contribution in [0.2, 0.25) is 0 Å². The van der Waals surface area contributed by atoms with Crippen molar-refractivity contribution in [2.45, 2.75) is 39.2 Å². The summed E-state index contributed by atoms with van der Waals surface area (Å²) in [5.41, 5.74) is 0.460. The van der Waals surface area contributed by atoms with E-state index < -0.39 is 0 Å². The van der Waals surface area contributed by atoms with Crippen LogP contribution >= 0.6 is 11.8 Å². The third-order valence-corrected chi connectivity index (χ3v) is 4.87. The fourth-order valence-corrected chi connectivity index (χ4v) is 3.75. The van der Waals surface area contributed by atoms with Crippen LogP contribution in [0.3, 0.4) is 0 Å². The molecule has 0 aromatic carbocycles. The van der Waals surface area contributed by atoms with E-state index in [9.17, 15) is 0 Å². The second-order valence-corrected chi connectivity index (χ2v) is 6.99. The monoisotopic (exact) mass is 243 g/mol. The van der Waals surface area contributed by atoms with Gasteiger partial charge in [-0.1, -0.05) is 13.8 Å². The molecule has 2 aliphatic rings. The first kappa shape index (κ1) is 12.7. The normalized spacial score (nSPS) is 29.2. The minimum Gasteiger partial charge on any atom is -0.380 e. The van der Waals surface area contributed by atoms with Crippen LogP contribution in [0.15, 0.2) is 0 Å². The summed E-state index contributed by atoms with van der Waals surface area (Å²) in [4.78, 5) is 0.